The Bertz CT molecular complexity index is 237. The molecule has 1 aromatic rings. The number of nitrogens with two attached hydrogens (primary N) is 1. The fourth-order valence-electron chi connectivity index (χ4n) is 0.647. The molecule has 0 fully saturated rings. The summed E-state index contributed by atoms with van der Waals surface area (Å²) in [6.45, 7) is 1.72. The maximum Gasteiger partial charge on any atom is 0.127 e. The predicted molar refractivity (Wildman–Crippen MR) is 41.2 cm³/mol. The molecule has 1 rings (SSSR count). The average molecular weight is 157 g/mol. The van der Waals surface area contributed by atoms with Crippen LogP contribution in [0.4, 0.5) is 4.39 Å². The van der Waals surface area contributed by atoms with E-state index in [0.29, 0.717) is 5.56 Å². The minimum atomic E-state index is -0.199. The molecule has 0 aliphatic rings. The van der Waals surface area contributed by atoms with Gasteiger partial charge >= 0.3 is 0 Å². The topological polar surface area (TPSA) is 26.0 Å². The van der Waals surface area contributed by atoms with Gasteiger partial charge < -0.3 is 0 Å². The lowest BCUT2D eigenvalue weighted by Gasteiger charge is -1.97. The molecule has 0 atom stereocenters. The van der Waals surface area contributed by atoms with Crippen LogP contribution in [-0.4, -0.2) is 0 Å². The first-order valence-electron chi connectivity index (χ1n) is 2.87. The van der Waals surface area contributed by atoms with Crippen LogP contribution in [0, 0.1) is 12.7 Å². The first-order chi connectivity index (χ1) is 4.74. The van der Waals surface area contributed by atoms with Crippen LogP contribution in [0.25, 0.3) is 0 Å². The number of rotatable bonds is 1. The van der Waals surface area contributed by atoms with Gasteiger partial charge in [-0.3, -0.25) is 5.14 Å². The van der Waals surface area contributed by atoms with E-state index in [0.717, 1.165) is 16.8 Å². The first-order valence-corrected chi connectivity index (χ1v) is 3.75. The van der Waals surface area contributed by atoms with Crippen LogP contribution < -0.4 is 5.14 Å². The smallest absolute Gasteiger partial charge is 0.127 e. The summed E-state index contributed by atoms with van der Waals surface area (Å²) in [7, 11) is 0. The van der Waals surface area contributed by atoms with E-state index in [-0.39, 0.29) is 5.82 Å². The Kier molecular flexibility index (Phi) is 2.29. The van der Waals surface area contributed by atoms with Crippen molar-refractivity contribution in [1.29, 1.82) is 0 Å². The third-order valence-corrected chi connectivity index (χ3v) is 1.81. The molecule has 0 aliphatic heterocycles. The zero-order valence-corrected chi connectivity index (χ0v) is 6.41. The second kappa shape index (κ2) is 3.03. The SMILES string of the molecule is Cc1ccc(SN)cc1F. The van der Waals surface area contributed by atoms with Crippen molar-refractivity contribution >= 4 is 11.9 Å². The largest absolute Gasteiger partial charge is 0.274 e. The normalized spacial score (nSPS) is 9.90. The molecule has 0 unspecified atom stereocenters. The highest BCUT2D eigenvalue weighted by Crippen LogP contribution is 2.15. The van der Waals surface area contributed by atoms with Crippen LogP contribution >= 0.6 is 11.9 Å². The molecule has 0 radical (unpaired) electrons. The predicted octanol–water partition coefficient (Wildman–Crippen LogP) is 2.10. The molecule has 0 spiro atoms. The molecule has 3 heteroatoms. The molecule has 54 valence electrons. The van der Waals surface area contributed by atoms with Crippen molar-refractivity contribution in [2.24, 2.45) is 5.14 Å². The van der Waals surface area contributed by atoms with E-state index in [1.807, 2.05) is 0 Å². The van der Waals surface area contributed by atoms with Crippen molar-refractivity contribution in [1.82, 2.24) is 0 Å². The summed E-state index contributed by atoms with van der Waals surface area (Å²) >= 11 is 1.05. The maximum absolute atomic E-state index is 12.7. The third kappa shape index (κ3) is 1.49. The highest BCUT2D eigenvalue weighted by molar-refractivity contribution is 7.97. The summed E-state index contributed by atoms with van der Waals surface area (Å²) < 4.78 is 12.7. The van der Waals surface area contributed by atoms with Gasteiger partial charge in [0.25, 0.3) is 0 Å². The van der Waals surface area contributed by atoms with Crippen LogP contribution in [0.5, 0.6) is 0 Å². The minimum absolute atomic E-state index is 0.199. The Labute approximate surface area is 63.6 Å². The number of hydrogen-bond donors (Lipinski definition) is 1. The van der Waals surface area contributed by atoms with Gasteiger partial charge in [0.15, 0.2) is 0 Å². The van der Waals surface area contributed by atoms with Gasteiger partial charge in [-0.25, -0.2) is 4.39 Å². The molecule has 0 bridgehead atoms. The van der Waals surface area contributed by atoms with Gasteiger partial charge in [0.05, 0.1) is 0 Å². The van der Waals surface area contributed by atoms with Crippen molar-refractivity contribution in [2.45, 2.75) is 11.8 Å². The molecule has 1 nitrogen and oxygen atoms in total. The van der Waals surface area contributed by atoms with E-state index in [9.17, 15) is 4.39 Å². The molecule has 0 aromatic heterocycles. The van der Waals surface area contributed by atoms with E-state index >= 15 is 0 Å². The molecular formula is C7H8FNS. The summed E-state index contributed by atoms with van der Waals surface area (Å²) in [5.41, 5.74) is 0.651. The number of halogens is 1. The summed E-state index contributed by atoms with van der Waals surface area (Å²) in [5.74, 6) is -0.199. The number of aryl methyl sites for hydroxylation is 1. The van der Waals surface area contributed by atoms with E-state index in [1.54, 1.807) is 19.1 Å². The zero-order valence-electron chi connectivity index (χ0n) is 5.60. The van der Waals surface area contributed by atoms with Crippen molar-refractivity contribution in [3.8, 4) is 0 Å². The molecule has 1 aromatic carbocycles. The van der Waals surface area contributed by atoms with Crippen molar-refractivity contribution in [3.05, 3.63) is 29.6 Å². The molecule has 0 saturated carbocycles. The van der Waals surface area contributed by atoms with Gasteiger partial charge in [0.2, 0.25) is 0 Å². The van der Waals surface area contributed by atoms with Gasteiger partial charge in [0.1, 0.15) is 5.82 Å². The maximum atomic E-state index is 12.7. The lowest BCUT2D eigenvalue weighted by molar-refractivity contribution is 0.615. The molecule has 0 saturated heterocycles. The highest BCUT2D eigenvalue weighted by atomic mass is 32.2. The fraction of sp³-hybridized carbons (Fsp3) is 0.143. The van der Waals surface area contributed by atoms with Gasteiger partial charge in [-0.15, -0.1) is 0 Å². The van der Waals surface area contributed by atoms with E-state index in [4.69, 9.17) is 5.14 Å². The molecular weight excluding hydrogens is 149 g/mol. The monoisotopic (exact) mass is 157 g/mol. The van der Waals surface area contributed by atoms with E-state index < -0.39 is 0 Å². The number of hydrogen-bond acceptors (Lipinski definition) is 2. The minimum Gasteiger partial charge on any atom is -0.274 e. The van der Waals surface area contributed by atoms with Crippen molar-refractivity contribution < 1.29 is 4.39 Å². The Morgan fingerprint density at radius 2 is 2.20 bits per heavy atom. The van der Waals surface area contributed by atoms with Gasteiger partial charge in [-0.1, -0.05) is 6.07 Å². The Morgan fingerprint density at radius 1 is 1.50 bits per heavy atom. The van der Waals surface area contributed by atoms with Crippen LogP contribution in [0.1, 0.15) is 5.56 Å². The van der Waals surface area contributed by atoms with Crippen LogP contribution in [0.2, 0.25) is 0 Å². The lowest BCUT2D eigenvalue weighted by Crippen LogP contribution is -1.84. The zero-order chi connectivity index (χ0) is 7.56. The first kappa shape index (κ1) is 7.57. The molecule has 10 heavy (non-hydrogen) atoms. The van der Waals surface area contributed by atoms with Crippen molar-refractivity contribution in [3.63, 3.8) is 0 Å². The average Bonchev–Trinajstić information content (AvgIpc) is 1.95. The summed E-state index contributed by atoms with van der Waals surface area (Å²) in [6, 6.07) is 4.94. The number of benzene rings is 1. The van der Waals surface area contributed by atoms with Gasteiger partial charge in [0, 0.05) is 4.90 Å². The second-order valence-electron chi connectivity index (χ2n) is 2.03. The second-order valence-corrected chi connectivity index (χ2v) is 2.74. The van der Waals surface area contributed by atoms with E-state index in [2.05, 4.69) is 0 Å². The standard InChI is InChI=1S/C7H8FNS/c1-5-2-3-6(10-9)4-7(5)8/h2-4H,9H2,1H3. The Balaban J connectivity index is 3.04. The third-order valence-electron chi connectivity index (χ3n) is 1.28. The lowest BCUT2D eigenvalue weighted by atomic mass is 10.2. The van der Waals surface area contributed by atoms with Gasteiger partial charge in [-0.05, 0) is 36.6 Å². The summed E-state index contributed by atoms with van der Waals surface area (Å²) in [4.78, 5) is 0.753. The van der Waals surface area contributed by atoms with Crippen LogP contribution in [0.15, 0.2) is 23.1 Å². The highest BCUT2D eigenvalue weighted by Gasteiger charge is 1.96. The Morgan fingerprint density at radius 3 is 2.70 bits per heavy atom. The molecule has 2 N–H and O–H groups in total. The van der Waals surface area contributed by atoms with Crippen LogP contribution in [-0.2, 0) is 0 Å². The molecule has 0 aliphatic carbocycles. The Hall–Kier alpha value is -0.540. The summed E-state index contributed by atoms with van der Waals surface area (Å²) in [6.07, 6.45) is 0. The molecule has 0 amide bonds. The van der Waals surface area contributed by atoms with Gasteiger partial charge in [-0.2, -0.15) is 0 Å². The van der Waals surface area contributed by atoms with E-state index in [1.165, 1.54) is 6.07 Å². The molecule has 0 heterocycles. The quantitative estimate of drug-likeness (QED) is 0.632. The summed E-state index contributed by atoms with van der Waals surface area (Å²) in [5, 5.41) is 5.22. The van der Waals surface area contributed by atoms with Crippen LogP contribution in [0.3, 0.4) is 0 Å². The fourth-order valence-corrected chi connectivity index (χ4v) is 0.965. The van der Waals surface area contributed by atoms with Crippen molar-refractivity contribution in [2.75, 3.05) is 0 Å².